The molecule has 0 atom stereocenters. The van der Waals surface area contributed by atoms with Crippen LogP contribution in [-0.2, 0) is 9.47 Å². The van der Waals surface area contributed by atoms with Crippen LogP contribution >= 0.6 is 0 Å². The van der Waals surface area contributed by atoms with Gasteiger partial charge in [0.25, 0.3) is 0 Å². The lowest BCUT2D eigenvalue weighted by atomic mass is 9.67. The van der Waals surface area contributed by atoms with Gasteiger partial charge in [0.2, 0.25) is 0 Å². The summed E-state index contributed by atoms with van der Waals surface area (Å²) in [5.41, 5.74) is 0.661. The monoisotopic (exact) mass is 383 g/mol. The SMILES string of the molecule is COCCN1CCC(C(C)(C)CC(C)(C)N2CCN(CCOC)CC2)CC1. The number of hydrogen-bond donors (Lipinski definition) is 0. The lowest BCUT2D eigenvalue weighted by Gasteiger charge is -2.50. The molecule has 5 nitrogen and oxygen atoms in total. The zero-order chi connectivity index (χ0) is 19.9. The third kappa shape index (κ3) is 6.97. The van der Waals surface area contributed by atoms with E-state index in [0.717, 1.165) is 32.2 Å². The fraction of sp³-hybridized carbons (Fsp3) is 1.00. The van der Waals surface area contributed by atoms with Gasteiger partial charge in [-0.3, -0.25) is 9.80 Å². The van der Waals surface area contributed by atoms with Crippen LogP contribution in [0.1, 0.15) is 47.0 Å². The zero-order valence-corrected chi connectivity index (χ0v) is 18.9. The number of rotatable bonds is 10. The molecule has 0 bridgehead atoms. The Balaban J connectivity index is 1.81. The van der Waals surface area contributed by atoms with Crippen LogP contribution in [0.3, 0.4) is 0 Å². The molecule has 0 radical (unpaired) electrons. The summed E-state index contributed by atoms with van der Waals surface area (Å²) in [6, 6.07) is 0. The molecule has 0 aromatic rings. The minimum absolute atomic E-state index is 0.268. The molecular weight excluding hydrogens is 338 g/mol. The van der Waals surface area contributed by atoms with Gasteiger partial charge in [0.1, 0.15) is 0 Å². The van der Waals surface area contributed by atoms with Crippen LogP contribution < -0.4 is 0 Å². The van der Waals surface area contributed by atoms with Crippen molar-refractivity contribution in [3.63, 3.8) is 0 Å². The first-order valence-corrected chi connectivity index (χ1v) is 11.0. The highest BCUT2D eigenvalue weighted by Gasteiger charge is 2.40. The van der Waals surface area contributed by atoms with Crippen molar-refractivity contribution in [2.75, 3.05) is 79.8 Å². The van der Waals surface area contributed by atoms with Crippen molar-refractivity contribution in [1.82, 2.24) is 14.7 Å². The minimum atomic E-state index is 0.268. The summed E-state index contributed by atoms with van der Waals surface area (Å²) in [4.78, 5) is 7.84. The van der Waals surface area contributed by atoms with Gasteiger partial charge >= 0.3 is 0 Å². The fourth-order valence-corrected chi connectivity index (χ4v) is 5.33. The number of ether oxygens (including phenoxy) is 2. The predicted molar refractivity (Wildman–Crippen MR) is 113 cm³/mol. The largest absolute Gasteiger partial charge is 0.383 e. The van der Waals surface area contributed by atoms with Crippen molar-refractivity contribution in [3.8, 4) is 0 Å². The maximum Gasteiger partial charge on any atom is 0.0589 e. The van der Waals surface area contributed by atoms with E-state index in [2.05, 4.69) is 42.4 Å². The molecule has 2 heterocycles. The van der Waals surface area contributed by atoms with Crippen molar-refractivity contribution in [2.24, 2.45) is 11.3 Å². The van der Waals surface area contributed by atoms with Gasteiger partial charge in [-0.05, 0) is 57.5 Å². The van der Waals surface area contributed by atoms with E-state index in [4.69, 9.17) is 9.47 Å². The maximum absolute atomic E-state index is 5.24. The highest BCUT2D eigenvalue weighted by atomic mass is 16.5. The average molecular weight is 384 g/mol. The van der Waals surface area contributed by atoms with Crippen molar-refractivity contribution in [2.45, 2.75) is 52.5 Å². The van der Waals surface area contributed by atoms with Crippen molar-refractivity contribution in [1.29, 1.82) is 0 Å². The first-order valence-electron chi connectivity index (χ1n) is 11.0. The minimum Gasteiger partial charge on any atom is -0.383 e. The number of nitrogens with zero attached hydrogens (tertiary/aromatic N) is 3. The molecule has 2 saturated heterocycles. The smallest absolute Gasteiger partial charge is 0.0589 e. The van der Waals surface area contributed by atoms with E-state index in [9.17, 15) is 0 Å². The Morgan fingerprint density at radius 2 is 1.22 bits per heavy atom. The fourth-order valence-electron chi connectivity index (χ4n) is 5.33. The maximum atomic E-state index is 5.24. The van der Waals surface area contributed by atoms with Gasteiger partial charge in [0.15, 0.2) is 0 Å². The molecule has 160 valence electrons. The van der Waals surface area contributed by atoms with E-state index in [1.54, 1.807) is 14.2 Å². The van der Waals surface area contributed by atoms with Crippen LogP contribution in [-0.4, -0.2) is 100 Å². The summed E-state index contributed by atoms with van der Waals surface area (Å²) in [7, 11) is 3.60. The second kappa shape index (κ2) is 10.5. The van der Waals surface area contributed by atoms with Crippen molar-refractivity contribution >= 4 is 0 Å². The molecule has 0 amide bonds. The number of hydrogen-bond acceptors (Lipinski definition) is 5. The van der Waals surface area contributed by atoms with Crippen LogP contribution in [0.2, 0.25) is 0 Å². The standard InChI is InChI=1S/C22H45N3O2/c1-21(2,20-7-9-23(10-8-20)15-17-26-5)19-22(3,4)25-13-11-24(12-14-25)16-18-27-6/h20H,7-19H2,1-6H3. The third-order valence-corrected chi connectivity index (χ3v) is 7.03. The molecule has 0 saturated carbocycles. The van der Waals surface area contributed by atoms with Crippen LogP contribution in [0.25, 0.3) is 0 Å². The molecule has 5 heteroatoms. The van der Waals surface area contributed by atoms with Gasteiger partial charge in [-0.15, -0.1) is 0 Å². The van der Waals surface area contributed by atoms with Gasteiger partial charge in [-0.1, -0.05) is 13.8 Å². The number of methoxy groups -OCH3 is 2. The number of piperazine rings is 1. The summed E-state index contributed by atoms with van der Waals surface area (Å²) in [6.45, 7) is 21.0. The molecule has 2 aliphatic heterocycles. The normalized spacial score (nSPS) is 22.4. The van der Waals surface area contributed by atoms with E-state index < -0.39 is 0 Å². The van der Waals surface area contributed by atoms with E-state index >= 15 is 0 Å². The van der Waals surface area contributed by atoms with E-state index in [1.165, 1.54) is 58.5 Å². The molecule has 0 aliphatic carbocycles. The van der Waals surface area contributed by atoms with Gasteiger partial charge in [0.05, 0.1) is 13.2 Å². The second-order valence-electron chi connectivity index (χ2n) is 9.91. The Morgan fingerprint density at radius 1 is 0.741 bits per heavy atom. The predicted octanol–water partition coefficient (Wildman–Crippen LogP) is 2.80. The average Bonchev–Trinajstić information content (AvgIpc) is 2.64. The molecule has 0 aromatic carbocycles. The molecule has 0 aromatic heterocycles. The molecular formula is C22H45N3O2. The van der Waals surface area contributed by atoms with Crippen LogP contribution in [0.4, 0.5) is 0 Å². The highest BCUT2D eigenvalue weighted by molar-refractivity contribution is 4.94. The number of piperidine rings is 1. The Kier molecular flexibility index (Phi) is 9.01. The summed E-state index contributed by atoms with van der Waals surface area (Å²) in [5, 5.41) is 0. The third-order valence-electron chi connectivity index (χ3n) is 7.03. The number of likely N-dealkylation sites (tertiary alicyclic amines) is 1. The van der Waals surface area contributed by atoms with Gasteiger partial charge in [-0.2, -0.15) is 0 Å². The molecule has 0 unspecified atom stereocenters. The molecule has 2 rings (SSSR count). The summed E-state index contributed by atoms with van der Waals surface area (Å²) < 4.78 is 10.5. The summed E-state index contributed by atoms with van der Waals surface area (Å²) in [5.74, 6) is 0.832. The van der Waals surface area contributed by atoms with E-state index in [1.807, 2.05) is 0 Å². The molecule has 27 heavy (non-hydrogen) atoms. The highest BCUT2D eigenvalue weighted by Crippen LogP contribution is 2.42. The Hall–Kier alpha value is -0.200. The quantitative estimate of drug-likeness (QED) is 0.578. The molecule has 0 spiro atoms. The lowest BCUT2D eigenvalue weighted by molar-refractivity contribution is -0.00444. The Labute approximate surface area is 168 Å². The topological polar surface area (TPSA) is 28.2 Å². The van der Waals surface area contributed by atoms with E-state index in [0.29, 0.717) is 5.41 Å². The van der Waals surface area contributed by atoms with Gasteiger partial charge < -0.3 is 14.4 Å². The van der Waals surface area contributed by atoms with Gasteiger partial charge in [-0.25, -0.2) is 0 Å². The van der Waals surface area contributed by atoms with Crippen molar-refractivity contribution < 1.29 is 9.47 Å². The zero-order valence-electron chi connectivity index (χ0n) is 18.9. The Morgan fingerprint density at radius 3 is 1.70 bits per heavy atom. The van der Waals surface area contributed by atoms with Crippen LogP contribution in [0.15, 0.2) is 0 Å². The van der Waals surface area contributed by atoms with Crippen LogP contribution in [0, 0.1) is 11.3 Å². The Bertz CT molecular complexity index is 374. The first kappa shape index (κ1) is 23.1. The van der Waals surface area contributed by atoms with Crippen LogP contribution in [0.5, 0.6) is 0 Å². The molecule has 2 aliphatic rings. The van der Waals surface area contributed by atoms with E-state index in [-0.39, 0.29) is 5.54 Å². The van der Waals surface area contributed by atoms with Crippen molar-refractivity contribution in [3.05, 3.63) is 0 Å². The molecule has 2 fully saturated rings. The summed E-state index contributed by atoms with van der Waals surface area (Å²) >= 11 is 0. The summed E-state index contributed by atoms with van der Waals surface area (Å²) in [6.07, 6.45) is 3.94. The first-order chi connectivity index (χ1) is 12.8. The molecule has 0 N–H and O–H groups in total. The lowest BCUT2D eigenvalue weighted by Crippen LogP contribution is -2.56. The second-order valence-corrected chi connectivity index (χ2v) is 9.91. The van der Waals surface area contributed by atoms with Gasteiger partial charge in [0, 0.05) is 59.0 Å².